The standard InChI is InChI=1S/C12H16OS/c1-10(2)13-12-7-5-11(6-8-12)4-3-9-14/h3-8,10,14H,9H2,1-2H3. The minimum Gasteiger partial charge on any atom is -0.491 e. The lowest BCUT2D eigenvalue weighted by atomic mass is 10.2. The molecule has 76 valence electrons. The van der Waals surface area contributed by atoms with Gasteiger partial charge in [-0.3, -0.25) is 0 Å². The number of hydrogen-bond donors (Lipinski definition) is 1. The van der Waals surface area contributed by atoms with E-state index in [0.717, 1.165) is 11.5 Å². The van der Waals surface area contributed by atoms with Crippen molar-refractivity contribution in [2.24, 2.45) is 0 Å². The predicted octanol–water partition coefficient (Wildman–Crippen LogP) is 3.42. The molecule has 0 N–H and O–H groups in total. The van der Waals surface area contributed by atoms with Crippen LogP contribution < -0.4 is 4.74 Å². The Labute approximate surface area is 91.2 Å². The summed E-state index contributed by atoms with van der Waals surface area (Å²) in [6, 6.07) is 8.05. The van der Waals surface area contributed by atoms with E-state index >= 15 is 0 Å². The second kappa shape index (κ2) is 5.76. The zero-order valence-electron chi connectivity index (χ0n) is 8.60. The summed E-state index contributed by atoms with van der Waals surface area (Å²) < 4.78 is 5.53. The molecule has 14 heavy (non-hydrogen) atoms. The lowest BCUT2D eigenvalue weighted by Gasteiger charge is -2.09. The molecule has 0 bridgehead atoms. The number of rotatable bonds is 4. The Balaban J connectivity index is 2.64. The highest BCUT2D eigenvalue weighted by Gasteiger charge is 1.95. The molecular formula is C12H16OS. The van der Waals surface area contributed by atoms with Gasteiger partial charge in [0.1, 0.15) is 5.75 Å². The van der Waals surface area contributed by atoms with Crippen molar-refractivity contribution >= 4 is 18.7 Å². The smallest absolute Gasteiger partial charge is 0.119 e. The van der Waals surface area contributed by atoms with Gasteiger partial charge in [0.15, 0.2) is 0 Å². The van der Waals surface area contributed by atoms with Crippen molar-refractivity contribution in [3.05, 3.63) is 35.9 Å². The van der Waals surface area contributed by atoms with E-state index < -0.39 is 0 Å². The van der Waals surface area contributed by atoms with Crippen molar-refractivity contribution in [2.45, 2.75) is 20.0 Å². The van der Waals surface area contributed by atoms with Crippen LogP contribution in [0.1, 0.15) is 19.4 Å². The number of thiol groups is 1. The van der Waals surface area contributed by atoms with Gasteiger partial charge in [-0.15, -0.1) is 0 Å². The quantitative estimate of drug-likeness (QED) is 0.746. The van der Waals surface area contributed by atoms with Crippen molar-refractivity contribution < 1.29 is 4.74 Å². The maximum Gasteiger partial charge on any atom is 0.119 e. The second-order valence-electron chi connectivity index (χ2n) is 3.32. The summed E-state index contributed by atoms with van der Waals surface area (Å²) in [7, 11) is 0. The average molecular weight is 208 g/mol. The molecule has 1 aromatic carbocycles. The third-order valence-electron chi connectivity index (χ3n) is 1.67. The summed E-state index contributed by atoms with van der Waals surface area (Å²) in [5.41, 5.74) is 1.18. The van der Waals surface area contributed by atoms with Gasteiger partial charge in [-0.1, -0.05) is 24.3 Å². The van der Waals surface area contributed by atoms with Gasteiger partial charge < -0.3 is 4.74 Å². The normalized spacial score (nSPS) is 11.1. The molecule has 0 aliphatic carbocycles. The Morgan fingerprint density at radius 2 is 1.93 bits per heavy atom. The van der Waals surface area contributed by atoms with Crippen LogP contribution >= 0.6 is 12.6 Å². The van der Waals surface area contributed by atoms with Crippen LogP contribution in [0.4, 0.5) is 0 Å². The highest BCUT2D eigenvalue weighted by atomic mass is 32.1. The van der Waals surface area contributed by atoms with Gasteiger partial charge >= 0.3 is 0 Å². The predicted molar refractivity (Wildman–Crippen MR) is 65.1 cm³/mol. The molecule has 0 saturated heterocycles. The fourth-order valence-electron chi connectivity index (χ4n) is 1.12. The average Bonchev–Trinajstić information content (AvgIpc) is 2.16. The van der Waals surface area contributed by atoms with Crippen molar-refractivity contribution in [1.29, 1.82) is 0 Å². The highest BCUT2D eigenvalue weighted by molar-refractivity contribution is 7.80. The fourth-order valence-corrected chi connectivity index (χ4v) is 1.22. The minimum absolute atomic E-state index is 0.230. The molecule has 0 spiro atoms. The molecule has 0 atom stereocenters. The molecule has 0 unspecified atom stereocenters. The third kappa shape index (κ3) is 3.88. The molecule has 0 aromatic heterocycles. The lowest BCUT2D eigenvalue weighted by molar-refractivity contribution is 0.242. The maximum atomic E-state index is 5.53. The van der Waals surface area contributed by atoms with Crippen molar-refractivity contribution in [2.75, 3.05) is 5.75 Å². The third-order valence-corrected chi connectivity index (χ3v) is 1.88. The van der Waals surface area contributed by atoms with E-state index in [1.807, 2.05) is 50.3 Å². The summed E-state index contributed by atoms with van der Waals surface area (Å²) in [4.78, 5) is 0. The Morgan fingerprint density at radius 3 is 2.43 bits per heavy atom. The van der Waals surface area contributed by atoms with Gasteiger partial charge in [0.05, 0.1) is 6.10 Å². The zero-order chi connectivity index (χ0) is 10.4. The molecule has 0 fully saturated rings. The van der Waals surface area contributed by atoms with E-state index in [9.17, 15) is 0 Å². The second-order valence-corrected chi connectivity index (χ2v) is 3.69. The van der Waals surface area contributed by atoms with Gasteiger partial charge in [-0.25, -0.2) is 0 Å². The fraction of sp³-hybridized carbons (Fsp3) is 0.333. The molecule has 0 amide bonds. The molecule has 0 aliphatic rings. The molecule has 1 nitrogen and oxygen atoms in total. The molecule has 1 rings (SSSR count). The lowest BCUT2D eigenvalue weighted by Crippen LogP contribution is -2.05. The molecule has 0 radical (unpaired) electrons. The molecule has 2 heteroatoms. The first kappa shape index (κ1) is 11.2. The van der Waals surface area contributed by atoms with Crippen LogP contribution in [0.5, 0.6) is 5.75 Å². The van der Waals surface area contributed by atoms with Gasteiger partial charge in [-0.05, 0) is 31.5 Å². The van der Waals surface area contributed by atoms with Crippen molar-refractivity contribution in [3.63, 3.8) is 0 Å². The topological polar surface area (TPSA) is 9.23 Å². The molecule has 1 aromatic rings. The largest absolute Gasteiger partial charge is 0.491 e. The van der Waals surface area contributed by atoms with E-state index in [4.69, 9.17) is 4.74 Å². The Bertz CT molecular complexity index is 288. The Morgan fingerprint density at radius 1 is 1.29 bits per heavy atom. The highest BCUT2D eigenvalue weighted by Crippen LogP contribution is 2.14. The van der Waals surface area contributed by atoms with Crippen molar-refractivity contribution in [3.8, 4) is 5.75 Å². The Kier molecular flexibility index (Phi) is 4.60. The van der Waals surface area contributed by atoms with Crippen LogP contribution in [0.25, 0.3) is 6.08 Å². The summed E-state index contributed by atoms with van der Waals surface area (Å²) in [6.45, 7) is 4.05. The number of ether oxygens (including phenoxy) is 1. The van der Waals surface area contributed by atoms with Gasteiger partial charge in [0.2, 0.25) is 0 Å². The Hall–Kier alpha value is -0.890. The first-order valence-corrected chi connectivity index (χ1v) is 5.39. The van der Waals surface area contributed by atoms with Crippen LogP contribution in [0.15, 0.2) is 30.3 Å². The van der Waals surface area contributed by atoms with E-state index in [0.29, 0.717) is 0 Å². The molecule has 0 saturated carbocycles. The number of hydrogen-bond acceptors (Lipinski definition) is 2. The van der Waals surface area contributed by atoms with Gasteiger partial charge in [-0.2, -0.15) is 12.6 Å². The van der Waals surface area contributed by atoms with Crippen LogP contribution in [-0.4, -0.2) is 11.9 Å². The molecule has 0 aliphatic heterocycles. The van der Waals surface area contributed by atoms with E-state index in [1.54, 1.807) is 0 Å². The maximum absolute atomic E-state index is 5.53. The molecule has 0 heterocycles. The summed E-state index contributed by atoms with van der Waals surface area (Å²) in [5.74, 6) is 1.69. The van der Waals surface area contributed by atoms with E-state index in [1.165, 1.54) is 5.56 Å². The van der Waals surface area contributed by atoms with Gasteiger partial charge in [0.25, 0.3) is 0 Å². The minimum atomic E-state index is 0.230. The molecular weight excluding hydrogens is 192 g/mol. The van der Waals surface area contributed by atoms with Crippen LogP contribution in [0.3, 0.4) is 0 Å². The summed E-state index contributed by atoms with van der Waals surface area (Å²) in [5, 5.41) is 0. The first-order chi connectivity index (χ1) is 6.72. The SMILES string of the molecule is CC(C)Oc1ccc(C=CCS)cc1. The number of benzene rings is 1. The van der Waals surface area contributed by atoms with Crippen LogP contribution in [0, 0.1) is 0 Å². The van der Waals surface area contributed by atoms with Crippen molar-refractivity contribution in [1.82, 2.24) is 0 Å². The first-order valence-electron chi connectivity index (χ1n) is 4.76. The van der Waals surface area contributed by atoms with E-state index in [-0.39, 0.29) is 6.10 Å². The summed E-state index contributed by atoms with van der Waals surface area (Å²) >= 11 is 4.10. The van der Waals surface area contributed by atoms with E-state index in [2.05, 4.69) is 12.6 Å². The summed E-state index contributed by atoms with van der Waals surface area (Å²) in [6.07, 6.45) is 4.29. The van der Waals surface area contributed by atoms with Gasteiger partial charge in [0, 0.05) is 5.75 Å². The van der Waals surface area contributed by atoms with Crippen LogP contribution in [0.2, 0.25) is 0 Å². The monoisotopic (exact) mass is 208 g/mol. The zero-order valence-corrected chi connectivity index (χ0v) is 9.50. The van der Waals surface area contributed by atoms with Crippen LogP contribution in [-0.2, 0) is 0 Å².